The van der Waals surface area contributed by atoms with Crippen LogP contribution < -0.4 is 5.32 Å². The lowest BCUT2D eigenvalue weighted by Crippen LogP contribution is -1.93. The number of benzene rings is 1. The molecule has 1 heterocycles. The molecule has 1 aromatic heterocycles. The highest BCUT2D eigenvalue weighted by Crippen LogP contribution is 2.21. The second kappa shape index (κ2) is 5.84. The van der Waals surface area contributed by atoms with Crippen LogP contribution in [0.15, 0.2) is 28.7 Å². The molecule has 96 valence electrons. The summed E-state index contributed by atoms with van der Waals surface area (Å²) in [4.78, 5) is 0. The standard InChI is InChI=1S/C12H14ClN3O2/c1-8(13)11-15-16-12(18-11)14-10-4-2-9(3-5-10)6-7-17/h2-5,8,17H,6-7H2,1H3,(H,14,16). The number of nitrogens with zero attached hydrogens (tertiary/aromatic N) is 2. The van der Waals surface area contributed by atoms with Crippen molar-refractivity contribution in [3.8, 4) is 0 Å². The first kappa shape index (κ1) is 12.9. The quantitative estimate of drug-likeness (QED) is 0.815. The van der Waals surface area contributed by atoms with E-state index in [1.807, 2.05) is 24.3 Å². The summed E-state index contributed by atoms with van der Waals surface area (Å²) in [7, 11) is 0. The van der Waals surface area contributed by atoms with Crippen molar-refractivity contribution in [1.82, 2.24) is 10.2 Å². The fourth-order valence-corrected chi connectivity index (χ4v) is 1.54. The molecular weight excluding hydrogens is 254 g/mol. The van der Waals surface area contributed by atoms with E-state index in [2.05, 4.69) is 15.5 Å². The van der Waals surface area contributed by atoms with Gasteiger partial charge in [0.15, 0.2) is 0 Å². The van der Waals surface area contributed by atoms with Gasteiger partial charge in [0.1, 0.15) is 5.38 Å². The number of hydrogen-bond acceptors (Lipinski definition) is 5. The van der Waals surface area contributed by atoms with Gasteiger partial charge in [0.2, 0.25) is 5.89 Å². The normalized spacial score (nSPS) is 12.4. The van der Waals surface area contributed by atoms with Crippen LogP contribution in [-0.4, -0.2) is 21.9 Å². The van der Waals surface area contributed by atoms with Crippen LogP contribution >= 0.6 is 11.6 Å². The van der Waals surface area contributed by atoms with E-state index in [4.69, 9.17) is 21.1 Å². The Hall–Kier alpha value is -1.59. The van der Waals surface area contributed by atoms with Crippen LogP contribution in [0.5, 0.6) is 0 Å². The average molecular weight is 268 g/mol. The van der Waals surface area contributed by atoms with Gasteiger partial charge in [-0.15, -0.1) is 16.7 Å². The minimum atomic E-state index is -0.306. The molecule has 5 nitrogen and oxygen atoms in total. The molecule has 18 heavy (non-hydrogen) atoms. The molecule has 2 rings (SSSR count). The first-order valence-corrected chi connectivity index (χ1v) is 6.07. The number of hydrogen-bond donors (Lipinski definition) is 2. The number of aromatic nitrogens is 2. The molecule has 1 unspecified atom stereocenters. The summed E-state index contributed by atoms with van der Waals surface area (Å²) >= 11 is 5.83. The van der Waals surface area contributed by atoms with Crippen LogP contribution in [0.2, 0.25) is 0 Å². The molecule has 0 saturated carbocycles. The highest BCUT2D eigenvalue weighted by Gasteiger charge is 2.10. The van der Waals surface area contributed by atoms with Gasteiger partial charge in [0.25, 0.3) is 0 Å². The molecule has 1 aromatic carbocycles. The zero-order valence-corrected chi connectivity index (χ0v) is 10.7. The molecule has 0 amide bonds. The molecule has 0 saturated heterocycles. The van der Waals surface area contributed by atoms with E-state index in [9.17, 15) is 0 Å². The Balaban J connectivity index is 2.03. The van der Waals surface area contributed by atoms with E-state index in [1.54, 1.807) is 6.92 Å². The van der Waals surface area contributed by atoms with E-state index in [0.717, 1.165) is 11.3 Å². The van der Waals surface area contributed by atoms with Gasteiger partial charge in [0.05, 0.1) is 0 Å². The van der Waals surface area contributed by atoms with Gasteiger partial charge in [0, 0.05) is 12.3 Å². The molecule has 0 fully saturated rings. The Bertz CT molecular complexity index is 496. The number of alkyl halides is 1. The van der Waals surface area contributed by atoms with Gasteiger partial charge >= 0.3 is 6.01 Å². The number of aliphatic hydroxyl groups is 1. The third-order valence-corrected chi connectivity index (χ3v) is 2.57. The summed E-state index contributed by atoms with van der Waals surface area (Å²) < 4.78 is 5.32. The maximum atomic E-state index is 8.82. The topological polar surface area (TPSA) is 71.2 Å². The molecule has 0 radical (unpaired) electrons. The molecule has 1 atom stereocenters. The number of rotatable bonds is 5. The minimum Gasteiger partial charge on any atom is -0.406 e. The molecular formula is C12H14ClN3O2. The monoisotopic (exact) mass is 267 g/mol. The van der Waals surface area contributed by atoms with Gasteiger partial charge in [-0.1, -0.05) is 17.2 Å². The number of nitrogens with one attached hydrogen (secondary N) is 1. The predicted octanol–water partition coefficient (Wildman–Crippen LogP) is 2.65. The zero-order chi connectivity index (χ0) is 13.0. The predicted molar refractivity (Wildman–Crippen MR) is 69.1 cm³/mol. The lowest BCUT2D eigenvalue weighted by molar-refractivity contribution is 0.299. The van der Waals surface area contributed by atoms with Crippen LogP contribution in [0, 0.1) is 0 Å². The van der Waals surface area contributed by atoms with Gasteiger partial charge in [-0.25, -0.2) is 0 Å². The molecule has 0 spiro atoms. The maximum absolute atomic E-state index is 8.82. The highest BCUT2D eigenvalue weighted by molar-refractivity contribution is 6.20. The van der Waals surface area contributed by atoms with Crippen molar-refractivity contribution in [2.45, 2.75) is 18.7 Å². The largest absolute Gasteiger partial charge is 0.406 e. The Labute approximate surface area is 110 Å². The van der Waals surface area contributed by atoms with Crippen molar-refractivity contribution in [2.24, 2.45) is 0 Å². The van der Waals surface area contributed by atoms with Crippen molar-refractivity contribution in [3.05, 3.63) is 35.7 Å². The molecule has 0 aliphatic rings. The Morgan fingerprint density at radius 1 is 1.33 bits per heavy atom. The lowest BCUT2D eigenvalue weighted by atomic mass is 10.1. The summed E-state index contributed by atoms with van der Waals surface area (Å²) in [6, 6.07) is 7.95. The van der Waals surface area contributed by atoms with Crippen molar-refractivity contribution in [2.75, 3.05) is 11.9 Å². The van der Waals surface area contributed by atoms with Crippen LogP contribution in [0.3, 0.4) is 0 Å². The van der Waals surface area contributed by atoms with Crippen molar-refractivity contribution in [1.29, 1.82) is 0 Å². The fourth-order valence-electron chi connectivity index (χ4n) is 1.45. The highest BCUT2D eigenvalue weighted by atomic mass is 35.5. The van der Waals surface area contributed by atoms with Crippen molar-refractivity contribution >= 4 is 23.3 Å². The molecule has 0 aliphatic heterocycles. The lowest BCUT2D eigenvalue weighted by Gasteiger charge is -2.02. The average Bonchev–Trinajstić information content (AvgIpc) is 2.81. The molecule has 0 bridgehead atoms. The van der Waals surface area contributed by atoms with Crippen LogP contribution in [0.1, 0.15) is 23.8 Å². The Morgan fingerprint density at radius 3 is 2.61 bits per heavy atom. The number of aliphatic hydroxyl groups excluding tert-OH is 1. The fraction of sp³-hybridized carbons (Fsp3) is 0.333. The first-order valence-electron chi connectivity index (χ1n) is 5.63. The maximum Gasteiger partial charge on any atom is 0.320 e. The summed E-state index contributed by atoms with van der Waals surface area (Å²) in [5.74, 6) is 0.385. The first-order chi connectivity index (χ1) is 8.69. The Morgan fingerprint density at radius 2 is 2.06 bits per heavy atom. The summed E-state index contributed by atoms with van der Waals surface area (Å²) in [6.45, 7) is 1.91. The van der Waals surface area contributed by atoms with Crippen LogP contribution in [0.25, 0.3) is 0 Å². The minimum absolute atomic E-state index is 0.146. The van der Waals surface area contributed by atoms with E-state index >= 15 is 0 Å². The number of anilines is 2. The van der Waals surface area contributed by atoms with Crippen LogP contribution in [-0.2, 0) is 6.42 Å². The van der Waals surface area contributed by atoms with Gasteiger partial charge in [-0.3, -0.25) is 0 Å². The summed E-state index contributed by atoms with van der Waals surface area (Å²) in [6.07, 6.45) is 0.648. The van der Waals surface area contributed by atoms with Crippen molar-refractivity contribution < 1.29 is 9.52 Å². The smallest absolute Gasteiger partial charge is 0.320 e. The zero-order valence-electron chi connectivity index (χ0n) is 9.93. The SMILES string of the molecule is CC(Cl)c1nnc(Nc2ccc(CCO)cc2)o1. The third kappa shape index (κ3) is 3.21. The van der Waals surface area contributed by atoms with Crippen LogP contribution in [0.4, 0.5) is 11.7 Å². The van der Waals surface area contributed by atoms with Gasteiger partial charge in [-0.05, 0) is 31.0 Å². The molecule has 2 aromatic rings. The van der Waals surface area contributed by atoms with E-state index in [0.29, 0.717) is 18.3 Å². The molecule has 2 N–H and O–H groups in total. The second-order valence-corrected chi connectivity index (χ2v) is 4.51. The Kier molecular flexibility index (Phi) is 4.17. The molecule has 6 heteroatoms. The van der Waals surface area contributed by atoms with Crippen molar-refractivity contribution in [3.63, 3.8) is 0 Å². The number of halogens is 1. The summed E-state index contributed by atoms with van der Waals surface area (Å²) in [5, 5.41) is 19.2. The van der Waals surface area contributed by atoms with E-state index in [-0.39, 0.29) is 12.0 Å². The van der Waals surface area contributed by atoms with E-state index < -0.39 is 0 Å². The molecule has 0 aliphatic carbocycles. The second-order valence-electron chi connectivity index (χ2n) is 3.86. The summed E-state index contributed by atoms with van der Waals surface area (Å²) in [5.41, 5.74) is 1.91. The van der Waals surface area contributed by atoms with Gasteiger partial charge < -0.3 is 14.8 Å². The third-order valence-electron chi connectivity index (χ3n) is 2.39. The van der Waals surface area contributed by atoms with E-state index in [1.165, 1.54) is 0 Å². The van der Waals surface area contributed by atoms with Gasteiger partial charge in [-0.2, -0.15) is 0 Å².